The fourth-order valence-corrected chi connectivity index (χ4v) is 4.39. The maximum absolute atomic E-state index is 14.0. The van der Waals surface area contributed by atoms with E-state index in [0.29, 0.717) is 62.2 Å². The quantitative estimate of drug-likeness (QED) is 0.212. The highest BCUT2D eigenvalue weighted by Gasteiger charge is 2.13. The number of hydrogen-bond donors (Lipinski definition) is 1. The summed E-state index contributed by atoms with van der Waals surface area (Å²) in [6.45, 7) is 6.11. The third-order valence-corrected chi connectivity index (χ3v) is 6.61. The first-order valence-electron chi connectivity index (χ1n) is 12.9. The number of halogens is 5. The van der Waals surface area contributed by atoms with Crippen molar-refractivity contribution in [3.63, 3.8) is 0 Å². The largest absolute Gasteiger partial charge is 0.476 e. The highest BCUT2D eigenvalue weighted by molar-refractivity contribution is 9.10. The zero-order chi connectivity index (χ0) is 30.7. The molecule has 0 amide bonds. The normalized spacial score (nSPS) is 11.0. The molecule has 0 spiro atoms. The van der Waals surface area contributed by atoms with E-state index in [1.54, 1.807) is 12.1 Å². The number of aromatic nitrogens is 4. The maximum atomic E-state index is 14.0. The van der Waals surface area contributed by atoms with Crippen LogP contribution in [-0.2, 0) is 12.8 Å². The van der Waals surface area contributed by atoms with Crippen LogP contribution in [0, 0.1) is 11.6 Å². The Hall–Kier alpha value is -2.09. The molecule has 13 heteroatoms. The molecule has 0 fully saturated rings. The molecule has 2 aromatic heterocycles. The summed E-state index contributed by atoms with van der Waals surface area (Å²) in [5, 5.41) is 9.60. The molecule has 224 valence electrons. The van der Waals surface area contributed by atoms with Crippen LogP contribution in [0.25, 0.3) is 21.8 Å². The van der Waals surface area contributed by atoms with Gasteiger partial charge in [0.15, 0.2) is 11.6 Å². The number of nitrogens with zero attached hydrogens (tertiary/aromatic N) is 6. The van der Waals surface area contributed by atoms with E-state index in [-0.39, 0.29) is 23.1 Å². The van der Waals surface area contributed by atoms with Gasteiger partial charge in [-0.2, -0.15) is 4.98 Å². The van der Waals surface area contributed by atoms with Crippen molar-refractivity contribution in [2.45, 2.75) is 26.7 Å². The van der Waals surface area contributed by atoms with Crippen molar-refractivity contribution < 1.29 is 18.6 Å². The van der Waals surface area contributed by atoms with Crippen molar-refractivity contribution in [3.05, 3.63) is 61.6 Å². The summed E-state index contributed by atoms with van der Waals surface area (Å²) in [6, 6.07) is 6.26. The Balaban J connectivity index is 0.000000246. The van der Waals surface area contributed by atoms with Gasteiger partial charge in [-0.1, -0.05) is 57.3 Å². The maximum Gasteiger partial charge on any atom is 0.224 e. The Morgan fingerprint density at radius 2 is 1.27 bits per heavy atom. The molecule has 0 saturated heterocycles. The Morgan fingerprint density at radius 1 is 0.780 bits per heavy atom. The number of fused-ring (bicyclic) bond motifs is 2. The van der Waals surface area contributed by atoms with Crippen LogP contribution >= 0.6 is 43.5 Å². The van der Waals surface area contributed by atoms with Gasteiger partial charge >= 0.3 is 0 Å². The lowest BCUT2D eigenvalue weighted by Crippen LogP contribution is -2.20. The molecular weight excluding hydrogens is 686 g/mol. The average molecular weight is 721 g/mol. The molecule has 0 aliphatic carbocycles. The average Bonchev–Trinajstić information content (AvgIpc) is 2.89. The van der Waals surface area contributed by atoms with Gasteiger partial charge in [0.05, 0.1) is 12.0 Å². The minimum atomic E-state index is -0.390. The molecule has 4 rings (SSSR count). The minimum Gasteiger partial charge on any atom is -0.476 e. The number of aliphatic hydroxyl groups is 1. The van der Waals surface area contributed by atoms with E-state index < -0.39 is 5.82 Å². The number of ether oxygens (including phenoxy) is 1. The highest BCUT2D eigenvalue weighted by atomic mass is 79.9. The lowest BCUT2D eigenvalue weighted by Gasteiger charge is -2.13. The third-order valence-electron chi connectivity index (χ3n) is 5.41. The Labute approximate surface area is 261 Å². The van der Waals surface area contributed by atoms with Crippen LogP contribution in [-0.4, -0.2) is 89.3 Å². The molecule has 0 atom stereocenters. The number of benzene rings is 2. The summed E-state index contributed by atoms with van der Waals surface area (Å²) in [6.07, 6.45) is 1.26. The van der Waals surface area contributed by atoms with Gasteiger partial charge in [0.25, 0.3) is 0 Å². The van der Waals surface area contributed by atoms with E-state index >= 15 is 0 Å². The Bertz CT molecular complexity index is 1450. The molecular formula is C28H35Br2ClF2N6O2. The lowest BCUT2D eigenvalue weighted by molar-refractivity contribution is 0.243. The topological polar surface area (TPSA) is 87.5 Å². The van der Waals surface area contributed by atoms with Crippen LogP contribution in [0.3, 0.4) is 0 Å². The van der Waals surface area contributed by atoms with E-state index in [1.165, 1.54) is 12.1 Å². The molecule has 8 nitrogen and oxygen atoms in total. The van der Waals surface area contributed by atoms with Crippen molar-refractivity contribution in [2.24, 2.45) is 0 Å². The molecule has 0 aliphatic heterocycles. The third kappa shape index (κ3) is 10.9. The zero-order valence-corrected chi connectivity index (χ0v) is 27.9. The van der Waals surface area contributed by atoms with Gasteiger partial charge < -0.3 is 19.6 Å². The first kappa shape index (κ1) is 35.1. The monoisotopic (exact) mass is 718 g/mol. The molecule has 0 bridgehead atoms. The summed E-state index contributed by atoms with van der Waals surface area (Å²) >= 11 is 12.4. The van der Waals surface area contributed by atoms with Gasteiger partial charge in [-0.25, -0.2) is 23.7 Å². The van der Waals surface area contributed by atoms with Gasteiger partial charge in [-0.15, -0.1) is 0 Å². The summed E-state index contributed by atoms with van der Waals surface area (Å²) in [5.41, 5.74) is 0.579. The van der Waals surface area contributed by atoms with Crippen molar-refractivity contribution in [2.75, 3.05) is 54.5 Å². The number of rotatable bonds is 8. The fourth-order valence-electron chi connectivity index (χ4n) is 3.29. The zero-order valence-electron chi connectivity index (χ0n) is 24.0. The van der Waals surface area contributed by atoms with Crippen LogP contribution in [0.4, 0.5) is 8.78 Å². The second-order valence-electron chi connectivity index (χ2n) is 9.33. The molecule has 0 radical (unpaired) electrons. The lowest BCUT2D eigenvalue weighted by atomic mass is 10.2. The second kappa shape index (κ2) is 17.1. The van der Waals surface area contributed by atoms with Crippen LogP contribution in [0.15, 0.2) is 33.2 Å². The van der Waals surface area contributed by atoms with Crippen molar-refractivity contribution in [1.82, 2.24) is 29.7 Å². The van der Waals surface area contributed by atoms with E-state index in [2.05, 4.69) is 51.8 Å². The Kier molecular flexibility index (Phi) is 14.7. The van der Waals surface area contributed by atoms with Gasteiger partial charge in [0.2, 0.25) is 5.88 Å². The van der Waals surface area contributed by atoms with Crippen LogP contribution < -0.4 is 4.74 Å². The first-order valence-corrected chi connectivity index (χ1v) is 14.9. The summed E-state index contributed by atoms with van der Waals surface area (Å²) in [5.74, 6) is 0.809. The molecule has 0 aliphatic rings. The summed E-state index contributed by atoms with van der Waals surface area (Å²) < 4.78 is 34.5. The van der Waals surface area contributed by atoms with Crippen LogP contribution in [0.1, 0.15) is 25.5 Å². The number of aryl methyl sites for hydroxylation is 2. The SMILES string of the molecule is CCc1nc(Cl)c2cc(Br)cc(F)c2n1.CCc1nc(OCCN(C)C)c2cc(Br)cc(F)c2n1.CN(C)CCO. The molecule has 2 heterocycles. The van der Waals surface area contributed by atoms with Gasteiger partial charge in [0.1, 0.15) is 34.4 Å². The van der Waals surface area contributed by atoms with E-state index in [1.807, 2.05) is 51.8 Å². The van der Waals surface area contributed by atoms with E-state index in [0.717, 1.165) is 13.1 Å². The van der Waals surface area contributed by atoms with Gasteiger partial charge in [-0.3, -0.25) is 0 Å². The highest BCUT2D eigenvalue weighted by Crippen LogP contribution is 2.29. The first-order chi connectivity index (χ1) is 19.4. The van der Waals surface area contributed by atoms with E-state index in [9.17, 15) is 8.78 Å². The van der Waals surface area contributed by atoms with Crippen LogP contribution in [0.2, 0.25) is 5.15 Å². The minimum absolute atomic E-state index is 0.257. The predicted molar refractivity (Wildman–Crippen MR) is 168 cm³/mol. The van der Waals surface area contributed by atoms with Gasteiger partial charge in [0, 0.05) is 40.3 Å². The molecule has 41 heavy (non-hydrogen) atoms. The molecule has 4 aromatic rings. The summed E-state index contributed by atoms with van der Waals surface area (Å²) in [7, 11) is 7.79. The molecule has 0 saturated carbocycles. The molecule has 2 aromatic carbocycles. The van der Waals surface area contributed by atoms with Crippen molar-refractivity contribution in [1.29, 1.82) is 0 Å². The number of hydrogen-bond acceptors (Lipinski definition) is 8. The number of likely N-dealkylation sites (N-methyl/N-ethyl adjacent to an activating group) is 2. The molecule has 0 unspecified atom stereocenters. The van der Waals surface area contributed by atoms with Crippen LogP contribution in [0.5, 0.6) is 5.88 Å². The number of aliphatic hydroxyl groups excluding tert-OH is 1. The predicted octanol–water partition coefficient (Wildman–Crippen LogP) is 6.32. The Morgan fingerprint density at radius 3 is 1.73 bits per heavy atom. The summed E-state index contributed by atoms with van der Waals surface area (Å²) in [4.78, 5) is 20.7. The smallest absolute Gasteiger partial charge is 0.224 e. The van der Waals surface area contributed by atoms with Crippen molar-refractivity contribution in [3.8, 4) is 5.88 Å². The van der Waals surface area contributed by atoms with Crippen molar-refractivity contribution >= 4 is 65.3 Å². The second-order valence-corrected chi connectivity index (χ2v) is 11.5. The van der Waals surface area contributed by atoms with Gasteiger partial charge in [-0.05, 0) is 52.5 Å². The fraction of sp³-hybridized carbons (Fsp3) is 0.429. The van der Waals surface area contributed by atoms with E-state index in [4.69, 9.17) is 21.4 Å². The molecule has 1 N–H and O–H groups in total. The standard InChI is InChI=1S/C14H17BrFN3O.C10H7BrClFN2.C4H11NO/c1-4-12-17-13-10(7-9(15)8-11(13)16)14(18-12)20-6-5-19(2)3;1-2-8-14-9-6(10(12)15-8)3-5(11)4-7(9)13;1-5(2)3-4-6/h7-8H,4-6H2,1-3H3;3-4H,2H2,1H3;6H,3-4H2,1-2H3.